The second-order valence-corrected chi connectivity index (χ2v) is 5.93. The highest BCUT2D eigenvalue weighted by Gasteiger charge is 2.23. The Kier molecular flexibility index (Phi) is 4.98. The molecule has 7 heteroatoms. The van der Waals surface area contributed by atoms with E-state index in [-0.39, 0.29) is 11.9 Å². The number of carbonyl (C=O) groups excluding carboxylic acids is 2. The zero-order chi connectivity index (χ0) is 16.9. The molecule has 1 aliphatic rings. The average Bonchev–Trinajstić information content (AvgIpc) is 3.07. The van der Waals surface area contributed by atoms with Gasteiger partial charge >= 0.3 is 6.03 Å². The van der Waals surface area contributed by atoms with Gasteiger partial charge in [0.1, 0.15) is 5.52 Å². The second-order valence-electron chi connectivity index (χ2n) is 5.93. The summed E-state index contributed by atoms with van der Waals surface area (Å²) in [4.78, 5) is 32.0. The van der Waals surface area contributed by atoms with Crippen molar-refractivity contribution in [3.05, 3.63) is 30.2 Å². The third-order valence-electron chi connectivity index (χ3n) is 4.20. The molecule has 2 heterocycles. The molecule has 0 unspecified atom stereocenters. The fourth-order valence-electron chi connectivity index (χ4n) is 2.80. The fourth-order valence-corrected chi connectivity index (χ4v) is 2.80. The molecule has 0 atom stereocenters. The molecule has 0 spiro atoms. The Labute approximate surface area is 140 Å². The van der Waals surface area contributed by atoms with Crippen molar-refractivity contribution in [2.45, 2.75) is 19.8 Å². The Bertz CT molecular complexity index is 719. The van der Waals surface area contributed by atoms with E-state index in [0.717, 1.165) is 17.5 Å². The highest BCUT2D eigenvalue weighted by molar-refractivity contribution is 5.81. The number of amides is 3. The van der Waals surface area contributed by atoms with E-state index < -0.39 is 0 Å². The van der Waals surface area contributed by atoms with E-state index in [0.29, 0.717) is 44.7 Å². The van der Waals surface area contributed by atoms with Crippen LogP contribution in [0.1, 0.15) is 18.9 Å². The first kappa shape index (κ1) is 16.3. The Morgan fingerprint density at radius 2 is 1.96 bits per heavy atom. The minimum absolute atomic E-state index is 0.0419. The van der Waals surface area contributed by atoms with Crippen LogP contribution in [-0.2, 0) is 11.2 Å². The Balaban J connectivity index is 1.52. The predicted molar refractivity (Wildman–Crippen MR) is 89.6 cm³/mol. The van der Waals surface area contributed by atoms with E-state index in [2.05, 4.69) is 10.3 Å². The summed E-state index contributed by atoms with van der Waals surface area (Å²) in [5.74, 6) is 0.0717. The maximum Gasteiger partial charge on any atom is 0.317 e. The first-order chi connectivity index (χ1) is 11.7. The van der Waals surface area contributed by atoms with E-state index in [9.17, 15) is 9.59 Å². The molecule has 1 aliphatic heterocycles. The molecule has 1 aromatic heterocycles. The van der Waals surface area contributed by atoms with Crippen LogP contribution in [0.3, 0.4) is 0 Å². The highest BCUT2D eigenvalue weighted by atomic mass is 16.3. The molecule has 7 nitrogen and oxygen atoms in total. The van der Waals surface area contributed by atoms with Crippen LogP contribution < -0.4 is 5.32 Å². The number of benzene rings is 1. The summed E-state index contributed by atoms with van der Waals surface area (Å²) >= 11 is 0. The van der Waals surface area contributed by atoms with Crippen LogP contribution in [0.25, 0.3) is 11.1 Å². The summed E-state index contributed by atoms with van der Waals surface area (Å²) in [7, 11) is 0. The van der Waals surface area contributed by atoms with Crippen molar-refractivity contribution >= 4 is 23.0 Å². The molecule has 1 fully saturated rings. The van der Waals surface area contributed by atoms with Crippen molar-refractivity contribution in [1.82, 2.24) is 20.1 Å². The molecule has 0 radical (unpaired) electrons. The molecule has 24 heavy (non-hydrogen) atoms. The van der Waals surface area contributed by atoms with Crippen molar-refractivity contribution in [1.29, 1.82) is 0 Å². The van der Waals surface area contributed by atoms with Crippen molar-refractivity contribution < 1.29 is 14.0 Å². The summed E-state index contributed by atoms with van der Waals surface area (Å²) in [6.07, 6.45) is 2.65. The van der Waals surface area contributed by atoms with Gasteiger partial charge in [-0.15, -0.1) is 0 Å². The molecule has 128 valence electrons. The van der Waals surface area contributed by atoms with E-state index in [4.69, 9.17) is 4.42 Å². The number of nitrogens with zero attached hydrogens (tertiary/aromatic N) is 3. The topological polar surface area (TPSA) is 78.7 Å². The molecule has 3 rings (SSSR count). The summed E-state index contributed by atoms with van der Waals surface area (Å²) in [5, 5.41) is 2.87. The number of hydrogen-bond donors (Lipinski definition) is 1. The molecule has 0 saturated carbocycles. The molecule has 1 saturated heterocycles. The van der Waals surface area contributed by atoms with Crippen molar-refractivity contribution in [3.63, 3.8) is 0 Å². The average molecular weight is 330 g/mol. The molecule has 0 bridgehead atoms. The van der Waals surface area contributed by atoms with Gasteiger partial charge in [-0.2, -0.15) is 0 Å². The van der Waals surface area contributed by atoms with Crippen LogP contribution in [0.15, 0.2) is 29.0 Å². The predicted octanol–water partition coefficient (Wildman–Crippen LogP) is 1.63. The maximum atomic E-state index is 12.5. The van der Waals surface area contributed by atoms with Gasteiger partial charge in [0.15, 0.2) is 12.0 Å². The summed E-state index contributed by atoms with van der Waals surface area (Å²) in [6.45, 7) is 4.99. The van der Waals surface area contributed by atoms with Gasteiger partial charge in [0.25, 0.3) is 0 Å². The number of carbonyl (C=O) groups is 2. The monoisotopic (exact) mass is 330 g/mol. The standard InChI is InChI=1S/C17H22N4O3/c1-2-5-18-17(23)21-8-6-20(7-9-21)16(22)11-13-3-4-14-15(10-13)24-12-19-14/h3-4,10,12H,2,5-9,11H2,1H3,(H,18,23). The minimum atomic E-state index is -0.0419. The Morgan fingerprint density at radius 1 is 1.21 bits per heavy atom. The number of piperazine rings is 1. The smallest absolute Gasteiger partial charge is 0.317 e. The third-order valence-corrected chi connectivity index (χ3v) is 4.20. The number of hydrogen-bond acceptors (Lipinski definition) is 4. The molecular weight excluding hydrogens is 308 g/mol. The van der Waals surface area contributed by atoms with Crippen molar-refractivity contribution in [2.24, 2.45) is 0 Å². The first-order valence-corrected chi connectivity index (χ1v) is 8.30. The lowest BCUT2D eigenvalue weighted by molar-refractivity contribution is -0.131. The Morgan fingerprint density at radius 3 is 2.71 bits per heavy atom. The van der Waals surface area contributed by atoms with Gasteiger partial charge in [0.2, 0.25) is 5.91 Å². The lowest BCUT2D eigenvalue weighted by Crippen LogP contribution is -2.53. The van der Waals surface area contributed by atoms with Crippen LogP contribution in [0.2, 0.25) is 0 Å². The number of aromatic nitrogens is 1. The normalized spacial score (nSPS) is 14.9. The number of fused-ring (bicyclic) bond motifs is 1. The van der Waals surface area contributed by atoms with Crippen LogP contribution in [0.4, 0.5) is 4.79 Å². The highest BCUT2D eigenvalue weighted by Crippen LogP contribution is 2.15. The molecular formula is C17H22N4O3. The fraction of sp³-hybridized carbons (Fsp3) is 0.471. The lowest BCUT2D eigenvalue weighted by atomic mass is 10.1. The quantitative estimate of drug-likeness (QED) is 0.924. The zero-order valence-electron chi connectivity index (χ0n) is 13.8. The molecule has 2 aromatic rings. The van der Waals surface area contributed by atoms with E-state index in [1.807, 2.05) is 30.0 Å². The molecule has 1 aromatic carbocycles. The van der Waals surface area contributed by atoms with Crippen molar-refractivity contribution in [3.8, 4) is 0 Å². The molecule has 1 N–H and O–H groups in total. The summed E-state index contributed by atoms with van der Waals surface area (Å²) in [5.41, 5.74) is 2.39. The van der Waals surface area contributed by atoms with Gasteiger partial charge < -0.3 is 19.5 Å². The molecule has 3 amide bonds. The lowest BCUT2D eigenvalue weighted by Gasteiger charge is -2.34. The van der Waals surface area contributed by atoms with E-state index in [1.165, 1.54) is 6.39 Å². The SMILES string of the molecule is CCCNC(=O)N1CCN(C(=O)Cc2ccc3ncoc3c2)CC1. The third kappa shape index (κ3) is 3.67. The van der Waals surface area contributed by atoms with Crippen LogP contribution in [0, 0.1) is 0 Å². The van der Waals surface area contributed by atoms with Crippen LogP contribution in [-0.4, -0.2) is 59.4 Å². The van der Waals surface area contributed by atoms with Crippen LogP contribution >= 0.6 is 0 Å². The van der Waals surface area contributed by atoms with Gasteiger partial charge in [-0.3, -0.25) is 4.79 Å². The maximum absolute atomic E-state index is 12.5. The number of oxazole rings is 1. The van der Waals surface area contributed by atoms with Gasteiger partial charge in [-0.05, 0) is 24.1 Å². The largest absolute Gasteiger partial charge is 0.443 e. The summed E-state index contributed by atoms with van der Waals surface area (Å²) < 4.78 is 5.27. The zero-order valence-corrected chi connectivity index (χ0v) is 13.8. The Hall–Kier alpha value is -2.57. The van der Waals surface area contributed by atoms with E-state index in [1.54, 1.807) is 4.90 Å². The molecule has 0 aliphatic carbocycles. The van der Waals surface area contributed by atoms with Gasteiger partial charge in [0.05, 0.1) is 6.42 Å². The minimum Gasteiger partial charge on any atom is -0.443 e. The van der Waals surface area contributed by atoms with Crippen LogP contribution in [0.5, 0.6) is 0 Å². The number of nitrogens with one attached hydrogen (secondary N) is 1. The van der Waals surface area contributed by atoms with Gasteiger partial charge in [-0.1, -0.05) is 13.0 Å². The second kappa shape index (κ2) is 7.33. The first-order valence-electron chi connectivity index (χ1n) is 8.30. The van der Waals surface area contributed by atoms with Crippen molar-refractivity contribution in [2.75, 3.05) is 32.7 Å². The van der Waals surface area contributed by atoms with Gasteiger partial charge in [-0.25, -0.2) is 9.78 Å². The van der Waals surface area contributed by atoms with Gasteiger partial charge in [0, 0.05) is 32.7 Å². The number of rotatable bonds is 4. The number of urea groups is 1. The van der Waals surface area contributed by atoms with E-state index >= 15 is 0 Å². The summed E-state index contributed by atoms with van der Waals surface area (Å²) in [6, 6.07) is 5.57.